The number of aliphatic imine (C=N–C) groups is 1. The highest BCUT2D eigenvalue weighted by Crippen LogP contribution is 2.20. The summed E-state index contributed by atoms with van der Waals surface area (Å²) in [7, 11) is 0. The molecule has 3 aromatic heterocycles. The molecule has 0 N–H and O–H groups in total. The predicted octanol–water partition coefficient (Wildman–Crippen LogP) is 3.92. The van der Waals surface area contributed by atoms with E-state index in [0.29, 0.717) is 6.42 Å². The largest absolute Gasteiger partial charge is 0.274 e. The van der Waals surface area contributed by atoms with Gasteiger partial charge in [-0.25, -0.2) is 23.6 Å². The van der Waals surface area contributed by atoms with Gasteiger partial charge < -0.3 is 0 Å². The van der Waals surface area contributed by atoms with Gasteiger partial charge in [0.2, 0.25) is 0 Å². The van der Waals surface area contributed by atoms with Crippen molar-refractivity contribution in [2.24, 2.45) is 4.99 Å². The summed E-state index contributed by atoms with van der Waals surface area (Å²) in [4.78, 5) is 13.2. The van der Waals surface area contributed by atoms with Gasteiger partial charge >= 0.3 is 0 Å². The summed E-state index contributed by atoms with van der Waals surface area (Å²) in [6, 6.07) is 2.00. The van der Waals surface area contributed by atoms with E-state index in [1.807, 2.05) is 24.6 Å². The molecule has 3 heterocycles. The summed E-state index contributed by atoms with van der Waals surface area (Å²) in [5.41, 5.74) is 4.14. The Hall–Kier alpha value is -2.90. The van der Waals surface area contributed by atoms with Crippen molar-refractivity contribution in [1.82, 2.24) is 29.4 Å². The summed E-state index contributed by atoms with van der Waals surface area (Å²) in [5, 5.41) is 8.70. The van der Waals surface area contributed by atoms with Crippen LogP contribution >= 0.6 is 0 Å². The van der Waals surface area contributed by atoms with Crippen molar-refractivity contribution in [3.05, 3.63) is 53.5 Å². The van der Waals surface area contributed by atoms with E-state index in [0.717, 1.165) is 41.3 Å². The number of rotatable bonds is 7. The predicted molar refractivity (Wildman–Crippen MR) is 110 cm³/mol. The molecule has 1 unspecified atom stereocenters. The summed E-state index contributed by atoms with van der Waals surface area (Å²) < 4.78 is 14.5. The van der Waals surface area contributed by atoms with Crippen LogP contribution in [0.25, 0.3) is 5.65 Å². The zero-order valence-corrected chi connectivity index (χ0v) is 17.0. The molecule has 0 aliphatic rings. The fourth-order valence-corrected chi connectivity index (χ4v) is 2.86. The molecular weight excluding hydrogens is 357 g/mol. The highest BCUT2D eigenvalue weighted by Gasteiger charge is 2.15. The van der Waals surface area contributed by atoms with E-state index in [-0.39, 0.29) is 12.8 Å². The SMILES string of the molecule is C/C=C\CF.C=NC(C)n1nccc1Cc1ncn2nc(C)nc2c1CCC. The number of aromatic nitrogens is 6. The van der Waals surface area contributed by atoms with Crippen LogP contribution in [0.15, 0.2) is 35.7 Å². The Kier molecular flexibility index (Phi) is 7.98. The molecule has 1 atom stereocenters. The third-order valence-corrected chi connectivity index (χ3v) is 4.22. The van der Waals surface area contributed by atoms with Crippen LogP contribution in [0.2, 0.25) is 0 Å². The maximum absolute atomic E-state index is 10.9. The van der Waals surface area contributed by atoms with Crippen LogP contribution in [0.5, 0.6) is 0 Å². The van der Waals surface area contributed by atoms with Crippen molar-refractivity contribution in [1.29, 1.82) is 0 Å². The Morgan fingerprint density at radius 2 is 2.18 bits per heavy atom. The van der Waals surface area contributed by atoms with Gasteiger partial charge in [-0.2, -0.15) is 10.2 Å². The fourth-order valence-electron chi connectivity index (χ4n) is 2.86. The molecule has 0 fully saturated rings. The maximum atomic E-state index is 10.9. The summed E-state index contributed by atoms with van der Waals surface area (Å²) in [5.74, 6) is 0.760. The molecule has 0 aromatic carbocycles. The molecule has 0 aliphatic carbocycles. The van der Waals surface area contributed by atoms with Crippen LogP contribution in [0.1, 0.15) is 56.1 Å². The summed E-state index contributed by atoms with van der Waals surface area (Å²) in [6.07, 6.45) is 9.22. The van der Waals surface area contributed by atoms with Gasteiger partial charge in [0, 0.05) is 23.9 Å². The zero-order chi connectivity index (χ0) is 20.5. The highest BCUT2D eigenvalue weighted by molar-refractivity contribution is 5.49. The number of alkyl halides is 1. The van der Waals surface area contributed by atoms with E-state index < -0.39 is 0 Å². The van der Waals surface area contributed by atoms with E-state index in [1.165, 1.54) is 6.08 Å². The van der Waals surface area contributed by atoms with Crippen molar-refractivity contribution in [2.45, 2.75) is 53.1 Å². The van der Waals surface area contributed by atoms with E-state index >= 15 is 0 Å². The normalized spacial score (nSPS) is 12.2. The van der Waals surface area contributed by atoms with Crippen molar-refractivity contribution in [3.63, 3.8) is 0 Å². The standard InChI is InChI=1S/C16H21N7.C4H7F/c1-5-6-14-15(18-10-22-16(14)20-11(2)21-22)9-13-7-8-19-23(13)12(3)17-4;1-2-3-4-5/h7-8,10,12H,4-6,9H2,1-3H3;2-3H,4H2,1H3/b;3-2-. The van der Waals surface area contributed by atoms with E-state index in [4.69, 9.17) is 0 Å². The molecule has 7 nitrogen and oxygen atoms in total. The first-order chi connectivity index (χ1) is 13.5. The van der Waals surface area contributed by atoms with Crippen molar-refractivity contribution >= 4 is 12.4 Å². The van der Waals surface area contributed by atoms with Gasteiger partial charge in [0.05, 0.1) is 5.69 Å². The topological polar surface area (TPSA) is 73.3 Å². The maximum Gasteiger partial charge on any atom is 0.162 e. The van der Waals surface area contributed by atoms with E-state index in [9.17, 15) is 4.39 Å². The smallest absolute Gasteiger partial charge is 0.162 e. The first-order valence-electron chi connectivity index (χ1n) is 9.40. The Morgan fingerprint density at radius 1 is 1.39 bits per heavy atom. The van der Waals surface area contributed by atoms with Crippen LogP contribution in [0, 0.1) is 6.92 Å². The number of nitrogens with zero attached hydrogens (tertiary/aromatic N) is 7. The average Bonchev–Trinajstić information content (AvgIpc) is 3.30. The first kappa shape index (κ1) is 21.4. The van der Waals surface area contributed by atoms with Gasteiger partial charge in [0.15, 0.2) is 5.65 Å². The molecule has 0 saturated carbocycles. The minimum absolute atomic E-state index is 0.0892. The second-order valence-corrected chi connectivity index (χ2v) is 6.33. The number of allylic oxidation sites excluding steroid dienone is 2. The van der Waals surface area contributed by atoms with Gasteiger partial charge in [-0.3, -0.25) is 4.99 Å². The monoisotopic (exact) mass is 385 g/mol. The minimum Gasteiger partial charge on any atom is -0.274 e. The van der Waals surface area contributed by atoms with Crippen LogP contribution in [0.4, 0.5) is 4.39 Å². The molecule has 0 bridgehead atoms. The van der Waals surface area contributed by atoms with Gasteiger partial charge in [-0.15, -0.1) is 0 Å². The van der Waals surface area contributed by atoms with Gasteiger partial charge in [0.1, 0.15) is 25.0 Å². The molecule has 8 heteroatoms. The van der Waals surface area contributed by atoms with Crippen LogP contribution in [0.3, 0.4) is 0 Å². The Morgan fingerprint density at radius 3 is 2.79 bits per heavy atom. The molecule has 0 radical (unpaired) electrons. The quantitative estimate of drug-likeness (QED) is 0.456. The van der Waals surface area contributed by atoms with Gasteiger partial charge in [-0.05, 0) is 40.0 Å². The Bertz CT molecular complexity index is 926. The molecule has 0 aliphatic heterocycles. The second kappa shape index (κ2) is 10.4. The van der Waals surface area contributed by atoms with Crippen molar-refractivity contribution in [3.8, 4) is 0 Å². The van der Waals surface area contributed by atoms with Crippen LogP contribution in [-0.2, 0) is 12.8 Å². The van der Waals surface area contributed by atoms with E-state index in [2.05, 4.69) is 38.8 Å². The molecule has 3 rings (SSSR count). The number of hydrogen-bond donors (Lipinski definition) is 0. The lowest BCUT2D eigenvalue weighted by Crippen LogP contribution is -2.11. The third-order valence-electron chi connectivity index (χ3n) is 4.22. The Balaban J connectivity index is 0.000000500. The molecule has 28 heavy (non-hydrogen) atoms. The van der Waals surface area contributed by atoms with Crippen LogP contribution in [-0.4, -0.2) is 42.8 Å². The highest BCUT2D eigenvalue weighted by atomic mass is 19.1. The molecule has 150 valence electrons. The van der Waals surface area contributed by atoms with Gasteiger partial charge in [0.25, 0.3) is 0 Å². The molecule has 0 spiro atoms. The third kappa shape index (κ3) is 5.09. The lowest BCUT2D eigenvalue weighted by Gasteiger charge is -2.13. The zero-order valence-electron chi connectivity index (χ0n) is 17.0. The molecular formula is C20H28FN7. The van der Waals surface area contributed by atoms with E-state index in [1.54, 1.807) is 30.0 Å². The molecule has 0 amide bonds. The minimum atomic E-state index is -0.337. The molecule has 0 saturated heterocycles. The molecule has 3 aromatic rings. The van der Waals surface area contributed by atoms with Crippen LogP contribution < -0.4 is 0 Å². The van der Waals surface area contributed by atoms with Gasteiger partial charge in [-0.1, -0.05) is 25.5 Å². The fraction of sp³-hybridized carbons (Fsp3) is 0.450. The number of halogens is 1. The second-order valence-electron chi connectivity index (χ2n) is 6.33. The number of fused-ring (bicyclic) bond motifs is 1. The number of aryl methyl sites for hydroxylation is 2. The lowest BCUT2D eigenvalue weighted by atomic mass is 10.1. The first-order valence-corrected chi connectivity index (χ1v) is 9.40. The Labute approximate surface area is 165 Å². The summed E-state index contributed by atoms with van der Waals surface area (Å²) >= 11 is 0. The average molecular weight is 385 g/mol. The number of hydrogen-bond acceptors (Lipinski definition) is 5. The van der Waals surface area contributed by atoms with Crippen molar-refractivity contribution in [2.75, 3.05) is 6.67 Å². The lowest BCUT2D eigenvalue weighted by molar-refractivity contribution is 0.496. The summed E-state index contributed by atoms with van der Waals surface area (Å²) in [6.45, 7) is 11.1. The van der Waals surface area contributed by atoms with Crippen molar-refractivity contribution < 1.29 is 4.39 Å².